The van der Waals surface area contributed by atoms with Crippen molar-refractivity contribution in [2.75, 3.05) is 19.4 Å². The molecule has 0 aliphatic heterocycles. The highest BCUT2D eigenvalue weighted by atomic mass is 32.1. The van der Waals surface area contributed by atoms with Crippen LogP contribution in [-0.2, 0) is 0 Å². The van der Waals surface area contributed by atoms with Gasteiger partial charge < -0.3 is 10.2 Å². The van der Waals surface area contributed by atoms with Gasteiger partial charge in [-0.2, -0.15) is 11.3 Å². The average molecular weight is 374 g/mol. The van der Waals surface area contributed by atoms with Crippen LogP contribution in [-0.4, -0.2) is 34.9 Å². The van der Waals surface area contributed by atoms with E-state index in [9.17, 15) is 4.79 Å². The molecule has 0 unspecified atom stereocenters. The Morgan fingerprint density at radius 1 is 1.00 bits per heavy atom. The van der Waals surface area contributed by atoms with E-state index < -0.39 is 0 Å². The summed E-state index contributed by atoms with van der Waals surface area (Å²) in [6, 6.07) is 17.3. The molecule has 0 saturated heterocycles. The van der Waals surface area contributed by atoms with E-state index >= 15 is 0 Å². The maximum Gasteiger partial charge on any atom is 0.253 e. The van der Waals surface area contributed by atoms with Crippen LogP contribution in [0.15, 0.2) is 65.4 Å². The average Bonchev–Trinajstić information content (AvgIpc) is 3.23. The van der Waals surface area contributed by atoms with Crippen LogP contribution in [0.3, 0.4) is 0 Å². The number of carbonyl (C=O) groups is 1. The number of nitrogens with one attached hydrogen (secondary N) is 1. The van der Waals surface area contributed by atoms with Gasteiger partial charge in [0, 0.05) is 41.7 Å². The normalized spacial score (nSPS) is 10.7. The smallest absolute Gasteiger partial charge is 0.253 e. The third-order valence-electron chi connectivity index (χ3n) is 4.18. The fourth-order valence-electron chi connectivity index (χ4n) is 2.78. The van der Waals surface area contributed by atoms with Crippen LogP contribution in [0.2, 0.25) is 0 Å². The van der Waals surface area contributed by atoms with Gasteiger partial charge in [-0.3, -0.25) is 4.79 Å². The fourth-order valence-corrected chi connectivity index (χ4v) is 3.42. The predicted octanol–water partition coefficient (Wildman–Crippen LogP) is 4.80. The minimum absolute atomic E-state index is 0.0196. The number of amides is 1. The van der Waals surface area contributed by atoms with Crippen molar-refractivity contribution in [2.24, 2.45) is 0 Å². The molecule has 2 aromatic carbocycles. The van der Waals surface area contributed by atoms with Crippen LogP contribution in [0.5, 0.6) is 0 Å². The van der Waals surface area contributed by atoms with Crippen LogP contribution in [0.25, 0.3) is 22.3 Å². The number of rotatable bonds is 4. The number of aromatic nitrogens is 2. The van der Waals surface area contributed by atoms with Gasteiger partial charge in [0.15, 0.2) is 5.82 Å². The lowest BCUT2D eigenvalue weighted by Gasteiger charge is -2.12. The molecule has 0 atom stereocenters. The van der Waals surface area contributed by atoms with Crippen molar-refractivity contribution < 1.29 is 4.79 Å². The summed E-state index contributed by atoms with van der Waals surface area (Å²) in [5.74, 6) is 1.42. The molecule has 2 aromatic heterocycles. The van der Waals surface area contributed by atoms with Crippen molar-refractivity contribution in [2.45, 2.75) is 0 Å². The van der Waals surface area contributed by atoms with Gasteiger partial charge in [0.05, 0.1) is 5.52 Å². The third-order valence-corrected chi connectivity index (χ3v) is 4.87. The van der Waals surface area contributed by atoms with E-state index in [1.54, 1.807) is 30.3 Å². The number of carbonyl (C=O) groups excluding carboxylic acids is 1. The highest BCUT2D eigenvalue weighted by Crippen LogP contribution is 2.28. The van der Waals surface area contributed by atoms with Crippen LogP contribution in [0.1, 0.15) is 10.4 Å². The molecule has 4 aromatic rings. The predicted molar refractivity (Wildman–Crippen MR) is 111 cm³/mol. The zero-order chi connectivity index (χ0) is 18.8. The van der Waals surface area contributed by atoms with Crippen molar-refractivity contribution >= 4 is 39.7 Å². The number of anilines is 2. The monoisotopic (exact) mass is 374 g/mol. The van der Waals surface area contributed by atoms with Gasteiger partial charge in [-0.1, -0.05) is 12.1 Å². The van der Waals surface area contributed by atoms with Gasteiger partial charge >= 0.3 is 0 Å². The Hall–Kier alpha value is -3.25. The molecular weight excluding hydrogens is 356 g/mol. The van der Waals surface area contributed by atoms with Crippen LogP contribution in [0, 0.1) is 0 Å². The van der Waals surface area contributed by atoms with E-state index in [0.717, 1.165) is 28.0 Å². The van der Waals surface area contributed by atoms with Crippen molar-refractivity contribution in [3.8, 4) is 11.4 Å². The Morgan fingerprint density at radius 2 is 1.78 bits per heavy atom. The minimum atomic E-state index is -0.0196. The number of hydrogen-bond donors (Lipinski definition) is 1. The molecule has 4 rings (SSSR count). The second-order valence-corrected chi connectivity index (χ2v) is 7.11. The van der Waals surface area contributed by atoms with Crippen LogP contribution in [0.4, 0.5) is 11.5 Å². The summed E-state index contributed by atoms with van der Waals surface area (Å²) >= 11 is 1.62. The van der Waals surface area contributed by atoms with Crippen molar-refractivity contribution in [3.63, 3.8) is 0 Å². The van der Waals surface area contributed by atoms with Crippen molar-refractivity contribution in [3.05, 3.63) is 70.9 Å². The zero-order valence-electron chi connectivity index (χ0n) is 15.0. The Kier molecular flexibility index (Phi) is 4.56. The summed E-state index contributed by atoms with van der Waals surface area (Å²) < 4.78 is 0. The molecule has 0 aliphatic carbocycles. The summed E-state index contributed by atoms with van der Waals surface area (Å²) in [6.07, 6.45) is 0. The van der Waals surface area contributed by atoms with E-state index in [1.165, 1.54) is 0 Å². The number of nitrogens with zero attached hydrogens (tertiary/aromatic N) is 3. The third kappa shape index (κ3) is 3.52. The molecule has 0 saturated carbocycles. The zero-order valence-corrected chi connectivity index (χ0v) is 15.8. The maximum atomic E-state index is 12.1. The second kappa shape index (κ2) is 7.17. The minimum Gasteiger partial charge on any atom is -0.345 e. The summed E-state index contributed by atoms with van der Waals surface area (Å²) in [5, 5.41) is 8.37. The summed E-state index contributed by atoms with van der Waals surface area (Å²) in [5.41, 5.74) is 3.40. The van der Waals surface area contributed by atoms with Gasteiger partial charge in [0.2, 0.25) is 0 Å². The Bertz CT molecular complexity index is 1090. The highest BCUT2D eigenvalue weighted by Gasteiger charge is 2.11. The lowest BCUT2D eigenvalue weighted by Crippen LogP contribution is -2.21. The molecule has 5 nitrogen and oxygen atoms in total. The fraction of sp³-hybridized carbons (Fsp3) is 0.0952. The largest absolute Gasteiger partial charge is 0.345 e. The topological polar surface area (TPSA) is 58.1 Å². The highest BCUT2D eigenvalue weighted by molar-refractivity contribution is 7.08. The molecule has 0 fully saturated rings. The lowest BCUT2D eigenvalue weighted by atomic mass is 10.1. The molecule has 0 radical (unpaired) electrons. The molecular formula is C21H18N4OS. The molecule has 6 heteroatoms. The SMILES string of the molecule is CN(C)C(=O)c1ccc(Nc2nc(-c3ccsc3)nc3ccccc23)cc1. The van der Waals surface area contributed by atoms with E-state index in [4.69, 9.17) is 4.98 Å². The van der Waals surface area contributed by atoms with E-state index in [1.807, 2.05) is 65.4 Å². The quantitative estimate of drug-likeness (QED) is 0.557. The molecule has 2 heterocycles. The summed E-state index contributed by atoms with van der Waals surface area (Å²) in [4.78, 5) is 23.0. The molecule has 27 heavy (non-hydrogen) atoms. The molecule has 0 bridgehead atoms. The maximum absolute atomic E-state index is 12.1. The Labute approximate surface area is 161 Å². The first-order chi connectivity index (χ1) is 13.1. The lowest BCUT2D eigenvalue weighted by molar-refractivity contribution is 0.0827. The first-order valence-corrected chi connectivity index (χ1v) is 9.44. The molecule has 1 N–H and O–H groups in total. The number of benzene rings is 2. The first-order valence-electron chi connectivity index (χ1n) is 8.50. The Balaban J connectivity index is 1.72. The van der Waals surface area contributed by atoms with E-state index in [-0.39, 0.29) is 5.91 Å². The summed E-state index contributed by atoms with van der Waals surface area (Å²) in [6.45, 7) is 0. The van der Waals surface area contributed by atoms with Crippen molar-refractivity contribution in [1.29, 1.82) is 0 Å². The number of hydrogen-bond acceptors (Lipinski definition) is 5. The van der Waals surface area contributed by atoms with E-state index in [2.05, 4.69) is 10.3 Å². The first kappa shape index (κ1) is 17.2. The van der Waals surface area contributed by atoms with Gasteiger partial charge in [0.25, 0.3) is 5.91 Å². The summed E-state index contributed by atoms with van der Waals surface area (Å²) in [7, 11) is 3.49. The van der Waals surface area contributed by atoms with Crippen LogP contribution >= 0.6 is 11.3 Å². The standard InChI is InChI=1S/C21H18N4OS/c1-25(2)21(26)14-7-9-16(10-8-14)22-20-17-5-3-4-6-18(17)23-19(24-20)15-11-12-27-13-15/h3-13H,1-2H3,(H,22,23,24). The molecule has 1 amide bonds. The van der Waals surface area contributed by atoms with Crippen molar-refractivity contribution in [1.82, 2.24) is 14.9 Å². The molecule has 134 valence electrons. The number of thiophene rings is 1. The van der Waals surface area contributed by atoms with Gasteiger partial charge in [-0.25, -0.2) is 9.97 Å². The Morgan fingerprint density at radius 3 is 2.48 bits per heavy atom. The van der Waals surface area contributed by atoms with Gasteiger partial charge in [-0.15, -0.1) is 0 Å². The van der Waals surface area contributed by atoms with E-state index in [0.29, 0.717) is 11.4 Å². The second-order valence-electron chi connectivity index (χ2n) is 6.33. The van der Waals surface area contributed by atoms with Gasteiger partial charge in [0.1, 0.15) is 5.82 Å². The number of fused-ring (bicyclic) bond motifs is 1. The molecule has 0 spiro atoms. The van der Waals surface area contributed by atoms with Gasteiger partial charge in [-0.05, 0) is 47.8 Å². The van der Waals surface area contributed by atoms with Crippen LogP contribution < -0.4 is 5.32 Å². The number of para-hydroxylation sites is 1. The molecule has 0 aliphatic rings.